The predicted octanol–water partition coefficient (Wildman–Crippen LogP) is -0.670. The summed E-state index contributed by atoms with van der Waals surface area (Å²) in [5, 5.41) is 0. The molecule has 111 valence electrons. The molecule has 0 aliphatic heterocycles. The van der Waals surface area contributed by atoms with Crippen LogP contribution in [0.3, 0.4) is 0 Å². The van der Waals surface area contributed by atoms with E-state index in [0.29, 0.717) is 49.9 Å². The van der Waals surface area contributed by atoms with E-state index in [1.807, 2.05) is 0 Å². The van der Waals surface area contributed by atoms with Gasteiger partial charge in [0.25, 0.3) is 0 Å². The van der Waals surface area contributed by atoms with Gasteiger partial charge in [0.15, 0.2) is 0 Å². The van der Waals surface area contributed by atoms with Crippen molar-refractivity contribution < 1.29 is 35.6 Å². The summed E-state index contributed by atoms with van der Waals surface area (Å²) >= 11 is 0.621. The topological polar surface area (TPSA) is 80.3 Å². The van der Waals surface area contributed by atoms with Crippen LogP contribution in [0, 0.1) is 0 Å². The molecule has 0 amide bonds. The van der Waals surface area contributed by atoms with E-state index in [1.54, 1.807) is 25.8 Å². The summed E-state index contributed by atoms with van der Waals surface area (Å²) < 4.78 is 15.9. The Morgan fingerprint density at radius 3 is 2.43 bits per heavy atom. The molecule has 2 rings (SSSR count). The summed E-state index contributed by atoms with van der Waals surface area (Å²) in [6.45, 7) is 0.380. The van der Waals surface area contributed by atoms with E-state index in [2.05, 4.69) is 4.98 Å². The second-order valence-corrected chi connectivity index (χ2v) is 7.03. The summed E-state index contributed by atoms with van der Waals surface area (Å²) in [5.74, 6) is 0. The fourth-order valence-corrected chi connectivity index (χ4v) is 3.63. The first-order valence-electron chi connectivity index (χ1n) is 6.49. The van der Waals surface area contributed by atoms with Gasteiger partial charge in [0, 0.05) is 0 Å². The Labute approximate surface area is 137 Å². The van der Waals surface area contributed by atoms with Gasteiger partial charge in [0.1, 0.15) is 0 Å². The van der Waals surface area contributed by atoms with E-state index in [0.717, 1.165) is 8.50 Å². The van der Waals surface area contributed by atoms with E-state index in [1.165, 1.54) is 11.6 Å². The van der Waals surface area contributed by atoms with Crippen molar-refractivity contribution in [2.45, 2.75) is 10.0 Å². The minimum absolute atomic E-state index is 0.0415. The zero-order valence-electron chi connectivity index (χ0n) is 12.6. The summed E-state index contributed by atoms with van der Waals surface area (Å²) in [4.78, 5) is 28.4. The second kappa shape index (κ2) is 6.31. The zero-order chi connectivity index (χ0) is 15.7. The first kappa shape index (κ1) is 16.2. The van der Waals surface area contributed by atoms with E-state index >= 15 is 0 Å². The molecule has 1 atom stereocenters. The van der Waals surface area contributed by atoms with Crippen LogP contribution < -0.4 is 16.0 Å². The average molecular weight is 482 g/mol. The predicted molar refractivity (Wildman–Crippen MR) is 72.3 cm³/mol. The second-order valence-electron chi connectivity index (χ2n) is 4.79. The molecule has 9 heteroatoms. The first-order valence-corrected chi connectivity index (χ1v) is 10.4. The van der Waals surface area contributed by atoms with Crippen molar-refractivity contribution in [3.05, 3.63) is 20.8 Å². The molecule has 0 fully saturated rings. The van der Waals surface area contributed by atoms with E-state index in [9.17, 15) is 9.59 Å². The molecule has 21 heavy (non-hydrogen) atoms. The van der Waals surface area contributed by atoms with Crippen LogP contribution in [-0.2, 0) is 52.0 Å². The van der Waals surface area contributed by atoms with Crippen LogP contribution in [0.2, 0.25) is 3.93 Å². The van der Waals surface area contributed by atoms with Crippen LogP contribution in [-0.4, -0.2) is 38.5 Å². The molecule has 2 aromatic heterocycles. The van der Waals surface area contributed by atoms with Crippen LogP contribution in [0.15, 0.2) is 9.59 Å². The molecule has 0 bridgehead atoms. The Balaban J connectivity index is 2.52. The standard InChI is InChI=1S/C12H17N4O4.Hg/c1-7(19-5)6-20-11-13-9-8(14(11)2)10(17)16(4)12(18)15(9)3;/h7H,1,6H2,2-5H3;. The zero-order valence-corrected chi connectivity index (χ0v) is 18.1. The van der Waals surface area contributed by atoms with Gasteiger partial charge >= 0.3 is 137 Å². The number of nitrogens with zero attached hydrogens (tertiary/aromatic N) is 4. The summed E-state index contributed by atoms with van der Waals surface area (Å²) in [6.07, 6.45) is 0.0415. The number of rotatable bonds is 5. The van der Waals surface area contributed by atoms with Crippen LogP contribution in [0.4, 0.5) is 0 Å². The molecule has 0 N–H and O–H groups in total. The van der Waals surface area contributed by atoms with Crippen molar-refractivity contribution in [2.75, 3.05) is 13.7 Å². The van der Waals surface area contributed by atoms with Crippen molar-refractivity contribution >= 4 is 11.2 Å². The molecule has 8 nitrogen and oxygen atoms in total. The first-order chi connectivity index (χ1) is 9.92. The quantitative estimate of drug-likeness (QED) is 0.529. The number of aromatic nitrogens is 4. The average Bonchev–Trinajstić information content (AvgIpc) is 2.81. The number of methoxy groups -OCH3 is 1. The monoisotopic (exact) mass is 483 g/mol. The van der Waals surface area contributed by atoms with Crippen LogP contribution in [0.1, 0.15) is 0 Å². The molecular formula is C12H17HgN4O4. The SMILES string of the molecule is COC([CH2][Hg])COc1nc2c(c(=O)n(C)c(=O)n2C)n1C. The number of imidazole rings is 1. The third-order valence-corrected chi connectivity index (χ3v) is 5.99. The van der Waals surface area contributed by atoms with Gasteiger partial charge in [-0.25, -0.2) is 0 Å². The third kappa shape index (κ3) is 2.78. The van der Waals surface area contributed by atoms with Gasteiger partial charge in [-0.15, -0.1) is 0 Å². The molecule has 0 saturated carbocycles. The maximum absolute atomic E-state index is 12.2. The molecule has 2 heterocycles. The number of ether oxygens (including phenoxy) is 2. The fraction of sp³-hybridized carbons (Fsp3) is 0.583. The van der Waals surface area contributed by atoms with Crippen molar-refractivity contribution in [3.8, 4) is 6.01 Å². The number of aryl methyl sites for hydroxylation is 2. The molecule has 0 aliphatic carbocycles. The summed E-state index contributed by atoms with van der Waals surface area (Å²) in [6, 6.07) is 0.312. The van der Waals surface area contributed by atoms with Gasteiger partial charge in [-0.1, -0.05) is 0 Å². The summed E-state index contributed by atoms with van der Waals surface area (Å²) in [7, 11) is 6.37. The number of hydrogen-bond acceptors (Lipinski definition) is 5. The number of fused-ring (bicyclic) bond motifs is 1. The molecule has 0 aliphatic rings. The normalized spacial score (nSPS) is 12.9. The van der Waals surface area contributed by atoms with Gasteiger partial charge in [0.2, 0.25) is 0 Å². The molecular weight excluding hydrogens is 465 g/mol. The summed E-state index contributed by atoms with van der Waals surface area (Å²) in [5.41, 5.74) is -0.122. The van der Waals surface area contributed by atoms with Crippen LogP contribution >= 0.6 is 0 Å². The van der Waals surface area contributed by atoms with Gasteiger partial charge in [-0.3, -0.25) is 0 Å². The van der Waals surface area contributed by atoms with Crippen molar-refractivity contribution in [2.24, 2.45) is 21.1 Å². The van der Waals surface area contributed by atoms with Crippen molar-refractivity contribution in [1.29, 1.82) is 0 Å². The van der Waals surface area contributed by atoms with E-state index in [4.69, 9.17) is 9.47 Å². The molecule has 0 saturated heterocycles. The Kier molecular flexibility index (Phi) is 4.87. The van der Waals surface area contributed by atoms with Gasteiger partial charge < -0.3 is 0 Å². The Hall–Kier alpha value is -1.15. The van der Waals surface area contributed by atoms with Gasteiger partial charge in [-0.2, -0.15) is 0 Å². The van der Waals surface area contributed by atoms with Crippen LogP contribution in [0.5, 0.6) is 6.01 Å². The Morgan fingerprint density at radius 1 is 1.19 bits per heavy atom. The molecule has 0 aromatic carbocycles. The number of hydrogen-bond donors (Lipinski definition) is 0. The van der Waals surface area contributed by atoms with Crippen molar-refractivity contribution in [3.63, 3.8) is 0 Å². The van der Waals surface area contributed by atoms with Crippen molar-refractivity contribution in [1.82, 2.24) is 18.7 Å². The maximum atomic E-state index is 12.2. The van der Waals surface area contributed by atoms with Crippen LogP contribution in [0.25, 0.3) is 11.2 Å². The Bertz CT molecular complexity index is 772. The van der Waals surface area contributed by atoms with Gasteiger partial charge in [0.05, 0.1) is 0 Å². The fourth-order valence-electron chi connectivity index (χ4n) is 2.06. The molecule has 1 unspecified atom stereocenters. The van der Waals surface area contributed by atoms with E-state index < -0.39 is 5.69 Å². The Morgan fingerprint density at radius 2 is 1.86 bits per heavy atom. The molecule has 2 aromatic rings. The third-order valence-electron chi connectivity index (χ3n) is 3.49. The van der Waals surface area contributed by atoms with Gasteiger partial charge in [-0.05, 0) is 0 Å². The van der Waals surface area contributed by atoms with E-state index in [-0.39, 0.29) is 11.7 Å². The minimum atomic E-state index is -0.408. The molecule has 0 spiro atoms. The molecule has 0 radical (unpaired) electrons.